The van der Waals surface area contributed by atoms with Gasteiger partial charge in [-0.25, -0.2) is 0 Å². The number of likely N-dealkylation sites (N-methyl/N-ethyl adjacent to an activating group) is 1. The number of rotatable bonds is 4. The highest BCUT2D eigenvalue weighted by Gasteiger charge is 2.36. The van der Waals surface area contributed by atoms with Crippen molar-refractivity contribution in [1.82, 2.24) is 19.7 Å². The molecule has 2 fully saturated rings. The molecule has 7 heteroatoms. The van der Waals surface area contributed by atoms with E-state index in [2.05, 4.69) is 21.8 Å². The van der Waals surface area contributed by atoms with E-state index in [1.54, 1.807) is 11.3 Å². The molecular weight excluding hydrogens is 336 g/mol. The van der Waals surface area contributed by atoms with Crippen LogP contribution in [0.15, 0.2) is 17.5 Å². The number of carbonyl (C=O) groups excluding carboxylic acids is 1. The van der Waals surface area contributed by atoms with Crippen LogP contribution in [0.4, 0.5) is 0 Å². The second-order valence-corrected chi connectivity index (χ2v) is 8.35. The summed E-state index contributed by atoms with van der Waals surface area (Å²) < 4.78 is 1.12. The lowest BCUT2D eigenvalue weighted by atomic mass is 9.96. The molecule has 2 aliphatic rings. The molecule has 0 radical (unpaired) electrons. The van der Waals surface area contributed by atoms with Crippen molar-refractivity contribution >= 4 is 27.5 Å². The zero-order chi connectivity index (χ0) is 17.4. The average Bonchev–Trinajstić information content (AvgIpc) is 3.30. The first-order valence-corrected chi connectivity index (χ1v) is 9.89. The van der Waals surface area contributed by atoms with Crippen LogP contribution in [-0.2, 0) is 0 Å². The predicted molar refractivity (Wildman–Crippen MR) is 100 cm³/mol. The highest BCUT2D eigenvalue weighted by atomic mass is 32.1. The number of aromatic nitrogens is 1. The van der Waals surface area contributed by atoms with Crippen molar-refractivity contribution in [3.8, 4) is 0 Å². The number of piperazine rings is 1. The van der Waals surface area contributed by atoms with Crippen molar-refractivity contribution in [2.24, 2.45) is 11.8 Å². The summed E-state index contributed by atoms with van der Waals surface area (Å²) in [6.07, 6.45) is 0. The van der Waals surface area contributed by atoms with Gasteiger partial charge in [0, 0.05) is 58.3 Å². The second-order valence-electron chi connectivity index (χ2n) is 7.40. The quantitative estimate of drug-likeness (QED) is 0.857. The molecule has 2 atom stereocenters. The first kappa shape index (κ1) is 17.0. The van der Waals surface area contributed by atoms with Crippen LogP contribution in [0.25, 0.3) is 10.2 Å². The van der Waals surface area contributed by atoms with E-state index < -0.39 is 0 Å². The van der Waals surface area contributed by atoms with E-state index >= 15 is 0 Å². The maximum atomic E-state index is 12.9. The van der Waals surface area contributed by atoms with Crippen LogP contribution in [-0.4, -0.2) is 90.2 Å². The normalized spacial score (nSPS) is 25.9. The molecular formula is C18H26N4O2S. The molecule has 2 aliphatic heterocycles. The molecule has 25 heavy (non-hydrogen) atoms. The predicted octanol–water partition coefficient (Wildman–Crippen LogP) is 1.16. The van der Waals surface area contributed by atoms with Gasteiger partial charge in [0.05, 0.1) is 10.2 Å². The molecule has 6 nitrogen and oxygen atoms in total. The summed E-state index contributed by atoms with van der Waals surface area (Å²) in [6, 6.07) is 3.96. The number of likely N-dealkylation sites (tertiary alicyclic amines) is 1. The number of H-pyrrole nitrogens is 1. The number of aromatic amines is 1. The van der Waals surface area contributed by atoms with Gasteiger partial charge in [0.15, 0.2) is 0 Å². The summed E-state index contributed by atoms with van der Waals surface area (Å²) in [5.74, 6) is 0.593. The van der Waals surface area contributed by atoms with Crippen LogP contribution in [0.2, 0.25) is 0 Å². The lowest BCUT2D eigenvalue weighted by Crippen LogP contribution is -2.47. The minimum atomic E-state index is 0.0581. The van der Waals surface area contributed by atoms with E-state index in [0.717, 1.165) is 49.5 Å². The molecule has 0 saturated carbocycles. The fourth-order valence-electron chi connectivity index (χ4n) is 4.01. The van der Waals surface area contributed by atoms with Crippen molar-refractivity contribution in [3.63, 3.8) is 0 Å². The molecule has 4 rings (SSSR count). The standard InChI is InChI=1S/C18H26N4O2S/c1-20-3-5-21(6-4-20)9-13-10-22(11-14(13)12-23)18(24)16-8-17-15(19-16)2-7-25-17/h2,7-8,13-14,19,23H,3-6,9-12H2,1H3/t13-,14-/m1/s1. The van der Waals surface area contributed by atoms with E-state index in [9.17, 15) is 9.90 Å². The van der Waals surface area contributed by atoms with Crippen LogP contribution in [0.5, 0.6) is 0 Å². The number of carbonyl (C=O) groups is 1. The molecule has 4 heterocycles. The third-order valence-corrected chi connectivity index (χ3v) is 6.52. The first-order chi connectivity index (χ1) is 12.1. The third-order valence-electron chi connectivity index (χ3n) is 5.66. The summed E-state index contributed by atoms with van der Waals surface area (Å²) in [5.41, 5.74) is 1.69. The van der Waals surface area contributed by atoms with Gasteiger partial charge in [-0.1, -0.05) is 0 Å². The number of hydrogen-bond acceptors (Lipinski definition) is 5. The Morgan fingerprint density at radius 1 is 1.28 bits per heavy atom. The Kier molecular flexibility index (Phi) is 4.82. The van der Waals surface area contributed by atoms with Crippen molar-refractivity contribution < 1.29 is 9.90 Å². The van der Waals surface area contributed by atoms with E-state index in [1.165, 1.54) is 0 Å². The number of amides is 1. The summed E-state index contributed by atoms with van der Waals surface area (Å²) in [6.45, 7) is 6.86. The van der Waals surface area contributed by atoms with E-state index in [1.807, 2.05) is 22.4 Å². The molecule has 136 valence electrons. The Morgan fingerprint density at radius 2 is 2.04 bits per heavy atom. The van der Waals surface area contributed by atoms with Crippen LogP contribution in [0.1, 0.15) is 10.5 Å². The lowest BCUT2D eigenvalue weighted by molar-refractivity contribution is 0.0772. The van der Waals surface area contributed by atoms with Gasteiger partial charge < -0.3 is 24.8 Å². The molecule has 1 amide bonds. The fourth-order valence-corrected chi connectivity index (χ4v) is 4.80. The van der Waals surface area contributed by atoms with Gasteiger partial charge in [0.25, 0.3) is 5.91 Å². The summed E-state index contributed by atoms with van der Waals surface area (Å²) in [7, 11) is 2.16. The molecule has 0 aliphatic carbocycles. The highest BCUT2D eigenvalue weighted by Crippen LogP contribution is 2.27. The largest absolute Gasteiger partial charge is 0.396 e. The van der Waals surface area contributed by atoms with E-state index in [0.29, 0.717) is 18.2 Å². The molecule has 2 aromatic rings. The monoisotopic (exact) mass is 362 g/mol. The smallest absolute Gasteiger partial charge is 0.270 e. The summed E-state index contributed by atoms with van der Waals surface area (Å²) in [5, 5.41) is 11.8. The minimum Gasteiger partial charge on any atom is -0.396 e. The van der Waals surface area contributed by atoms with Crippen molar-refractivity contribution in [2.75, 3.05) is 59.5 Å². The molecule has 0 aromatic carbocycles. The Bertz CT molecular complexity index is 706. The zero-order valence-corrected chi connectivity index (χ0v) is 15.5. The van der Waals surface area contributed by atoms with Gasteiger partial charge in [-0.05, 0) is 30.5 Å². The van der Waals surface area contributed by atoms with Gasteiger partial charge in [-0.3, -0.25) is 4.79 Å². The van der Waals surface area contributed by atoms with E-state index in [-0.39, 0.29) is 18.4 Å². The number of nitrogens with zero attached hydrogens (tertiary/aromatic N) is 3. The highest BCUT2D eigenvalue weighted by molar-refractivity contribution is 7.17. The van der Waals surface area contributed by atoms with Crippen molar-refractivity contribution in [2.45, 2.75) is 0 Å². The number of aliphatic hydroxyl groups is 1. The van der Waals surface area contributed by atoms with Gasteiger partial charge in [-0.2, -0.15) is 0 Å². The fraction of sp³-hybridized carbons (Fsp3) is 0.611. The molecule has 0 spiro atoms. The topological polar surface area (TPSA) is 62.8 Å². The number of aliphatic hydroxyl groups excluding tert-OH is 1. The summed E-state index contributed by atoms with van der Waals surface area (Å²) >= 11 is 1.64. The molecule has 0 bridgehead atoms. The van der Waals surface area contributed by atoms with Crippen LogP contribution >= 0.6 is 11.3 Å². The van der Waals surface area contributed by atoms with Gasteiger partial charge in [0.2, 0.25) is 0 Å². The molecule has 2 aromatic heterocycles. The Balaban J connectivity index is 1.41. The third kappa shape index (κ3) is 3.46. The maximum absolute atomic E-state index is 12.9. The zero-order valence-electron chi connectivity index (χ0n) is 14.6. The number of hydrogen-bond donors (Lipinski definition) is 2. The number of fused-ring (bicyclic) bond motifs is 1. The number of thiophene rings is 1. The Hall–Kier alpha value is -1.41. The molecule has 0 unspecified atom stereocenters. The SMILES string of the molecule is CN1CCN(C[C@@H]2CN(C(=O)c3cc4sccc4[nH]3)C[C@@H]2CO)CC1. The van der Waals surface area contributed by atoms with Crippen molar-refractivity contribution in [3.05, 3.63) is 23.2 Å². The maximum Gasteiger partial charge on any atom is 0.270 e. The second kappa shape index (κ2) is 7.07. The van der Waals surface area contributed by atoms with E-state index in [4.69, 9.17) is 0 Å². The minimum absolute atomic E-state index is 0.0581. The van der Waals surface area contributed by atoms with Gasteiger partial charge >= 0.3 is 0 Å². The van der Waals surface area contributed by atoms with Crippen LogP contribution < -0.4 is 0 Å². The van der Waals surface area contributed by atoms with Crippen LogP contribution in [0.3, 0.4) is 0 Å². The Morgan fingerprint density at radius 3 is 2.76 bits per heavy atom. The van der Waals surface area contributed by atoms with Crippen LogP contribution in [0, 0.1) is 11.8 Å². The Labute approximate surface area is 152 Å². The first-order valence-electron chi connectivity index (χ1n) is 9.01. The lowest BCUT2D eigenvalue weighted by Gasteiger charge is -2.34. The number of nitrogens with one attached hydrogen (secondary N) is 1. The average molecular weight is 362 g/mol. The van der Waals surface area contributed by atoms with Crippen molar-refractivity contribution in [1.29, 1.82) is 0 Å². The molecule has 2 saturated heterocycles. The molecule has 2 N–H and O–H groups in total. The van der Waals surface area contributed by atoms with Gasteiger partial charge in [-0.15, -0.1) is 11.3 Å². The van der Waals surface area contributed by atoms with Gasteiger partial charge in [0.1, 0.15) is 5.69 Å². The summed E-state index contributed by atoms with van der Waals surface area (Å²) in [4.78, 5) is 22.8.